The van der Waals surface area contributed by atoms with Crippen molar-refractivity contribution in [3.8, 4) is 0 Å². The highest BCUT2D eigenvalue weighted by molar-refractivity contribution is 6.30. The van der Waals surface area contributed by atoms with Crippen molar-refractivity contribution in [2.75, 3.05) is 13.1 Å². The maximum absolute atomic E-state index is 11.4. The van der Waals surface area contributed by atoms with E-state index in [0.717, 1.165) is 31.5 Å². The number of aliphatic carboxylic acids is 1. The predicted molar refractivity (Wildman–Crippen MR) is 72.0 cm³/mol. The summed E-state index contributed by atoms with van der Waals surface area (Å²) >= 11 is 5.93. The van der Waals surface area contributed by atoms with Crippen LogP contribution < -0.4 is 0 Å². The Hall–Kier alpha value is -1.06. The Morgan fingerprint density at radius 1 is 1.33 bits per heavy atom. The van der Waals surface area contributed by atoms with Gasteiger partial charge in [0.15, 0.2) is 0 Å². The molecule has 1 fully saturated rings. The molecular weight excluding hydrogens is 250 g/mol. The average Bonchev–Trinajstić information content (AvgIpc) is 2.37. The first-order valence-electron chi connectivity index (χ1n) is 6.38. The Bertz CT molecular complexity index is 416. The largest absolute Gasteiger partial charge is 0.480 e. The number of piperidine rings is 1. The zero-order chi connectivity index (χ0) is 13.0. The minimum absolute atomic E-state index is 0.427. The van der Waals surface area contributed by atoms with Crippen LogP contribution in [0.4, 0.5) is 0 Å². The molecule has 1 heterocycles. The van der Waals surface area contributed by atoms with E-state index in [1.54, 1.807) is 0 Å². The third-order valence-corrected chi connectivity index (χ3v) is 3.67. The molecule has 0 saturated carbocycles. The van der Waals surface area contributed by atoms with E-state index in [9.17, 15) is 9.90 Å². The topological polar surface area (TPSA) is 40.5 Å². The Morgan fingerprint density at radius 3 is 2.67 bits per heavy atom. The standard InChI is InChI=1S/C14H18ClNO2/c15-12-6-4-5-11(9-12)10-13(14(17)18)16-7-2-1-3-8-16/h4-6,9,13H,1-3,7-8,10H2,(H,17,18)/t13-/m1/s1. The molecule has 18 heavy (non-hydrogen) atoms. The number of benzene rings is 1. The van der Waals surface area contributed by atoms with E-state index in [2.05, 4.69) is 4.90 Å². The van der Waals surface area contributed by atoms with Gasteiger partial charge in [-0.05, 0) is 50.0 Å². The Labute approximate surface area is 112 Å². The Morgan fingerprint density at radius 2 is 2.06 bits per heavy atom. The summed E-state index contributed by atoms with van der Waals surface area (Å²) in [6, 6.07) is 7.03. The maximum atomic E-state index is 11.4. The molecule has 1 aliphatic heterocycles. The van der Waals surface area contributed by atoms with Gasteiger partial charge in [-0.15, -0.1) is 0 Å². The van der Waals surface area contributed by atoms with E-state index < -0.39 is 12.0 Å². The molecule has 1 aromatic rings. The minimum Gasteiger partial charge on any atom is -0.480 e. The molecule has 3 nitrogen and oxygen atoms in total. The SMILES string of the molecule is O=C(O)[C@@H](Cc1cccc(Cl)c1)N1CCCCC1. The second-order valence-electron chi connectivity index (χ2n) is 4.78. The summed E-state index contributed by atoms with van der Waals surface area (Å²) in [7, 11) is 0. The quantitative estimate of drug-likeness (QED) is 0.912. The molecule has 0 aliphatic carbocycles. The van der Waals surface area contributed by atoms with Crippen LogP contribution in [-0.4, -0.2) is 35.1 Å². The number of hydrogen-bond acceptors (Lipinski definition) is 2. The molecule has 0 spiro atoms. The van der Waals surface area contributed by atoms with Crippen molar-refractivity contribution in [1.82, 2.24) is 4.90 Å². The van der Waals surface area contributed by atoms with Gasteiger partial charge in [0.05, 0.1) is 0 Å². The van der Waals surface area contributed by atoms with Crippen LogP contribution in [0.5, 0.6) is 0 Å². The highest BCUT2D eigenvalue weighted by atomic mass is 35.5. The van der Waals surface area contributed by atoms with Gasteiger partial charge in [-0.3, -0.25) is 9.69 Å². The third-order valence-electron chi connectivity index (χ3n) is 3.43. The first-order valence-corrected chi connectivity index (χ1v) is 6.76. The van der Waals surface area contributed by atoms with Crippen LogP contribution in [0.25, 0.3) is 0 Å². The molecule has 0 bridgehead atoms. The normalized spacial score (nSPS) is 18.5. The lowest BCUT2D eigenvalue weighted by molar-refractivity contribution is -0.143. The summed E-state index contributed by atoms with van der Waals surface area (Å²) in [4.78, 5) is 13.5. The van der Waals surface area contributed by atoms with Gasteiger partial charge in [-0.2, -0.15) is 0 Å². The smallest absolute Gasteiger partial charge is 0.321 e. The van der Waals surface area contributed by atoms with E-state index in [1.165, 1.54) is 6.42 Å². The zero-order valence-electron chi connectivity index (χ0n) is 10.3. The first-order chi connectivity index (χ1) is 8.66. The van der Waals surface area contributed by atoms with Crippen molar-refractivity contribution in [3.05, 3.63) is 34.9 Å². The Kier molecular flexibility index (Phi) is 4.61. The number of rotatable bonds is 4. The summed E-state index contributed by atoms with van der Waals surface area (Å²) in [5.74, 6) is -0.739. The van der Waals surface area contributed by atoms with Crippen LogP contribution in [0.3, 0.4) is 0 Å². The lowest BCUT2D eigenvalue weighted by Gasteiger charge is -2.32. The van der Waals surface area contributed by atoms with Gasteiger partial charge in [-0.1, -0.05) is 30.2 Å². The fraction of sp³-hybridized carbons (Fsp3) is 0.500. The number of hydrogen-bond donors (Lipinski definition) is 1. The van der Waals surface area contributed by atoms with Crippen LogP contribution in [0, 0.1) is 0 Å². The van der Waals surface area contributed by atoms with Crippen LogP contribution in [0.15, 0.2) is 24.3 Å². The zero-order valence-corrected chi connectivity index (χ0v) is 11.1. The molecule has 1 N–H and O–H groups in total. The molecule has 1 saturated heterocycles. The molecular formula is C14H18ClNO2. The summed E-state index contributed by atoms with van der Waals surface area (Å²) in [5.41, 5.74) is 0.987. The van der Waals surface area contributed by atoms with Gasteiger partial charge in [-0.25, -0.2) is 0 Å². The molecule has 0 radical (unpaired) electrons. The van der Waals surface area contributed by atoms with Gasteiger partial charge in [0.2, 0.25) is 0 Å². The van der Waals surface area contributed by atoms with Crippen molar-refractivity contribution >= 4 is 17.6 Å². The number of carboxylic acid groups (broad SMARTS) is 1. The second kappa shape index (κ2) is 6.21. The number of likely N-dealkylation sites (tertiary alicyclic amines) is 1. The molecule has 1 aromatic carbocycles. The second-order valence-corrected chi connectivity index (χ2v) is 5.22. The minimum atomic E-state index is -0.739. The van der Waals surface area contributed by atoms with Crippen LogP contribution in [-0.2, 0) is 11.2 Å². The van der Waals surface area contributed by atoms with Crippen molar-refractivity contribution in [2.45, 2.75) is 31.7 Å². The molecule has 98 valence electrons. The van der Waals surface area contributed by atoms with E-state index in [4.69, 9.17) is 11.6 Å². The number of carbonyl (C=O) groups is 1. The lowest BCUT2D eigenvalue weighted by atomic mass is 10.0. The molecule has 4 heteroatoms. The molecule has 0 amide bonds. The van der Waals surface area contributed by atoms with Gasteiger partial charge >= 0.3 is 5.97 Å². The fourth-order valence-corrected chi connectivity index (χ4v) is 2.70. The average molecular weight is 268 g/mol. The molecule has 1 aliphatic rings. The number of halogens is 1. The van der Waals surface area contributed by atoms with Crippen LogP contribution in [0.1, 0.15) is 24.8 Å². The van der Waals surface area contributed by atoms with E-state index in [0.29, 0.717) is 11.4 Å². The maximum Gasteiger partial charge on any atom is 0.321 e. The molecule has 2 rings (SSSR count). The molecule has 0 aromatic heterocycles. The van der Waals surface area contributed by atoms with E-state index >= 15 is 0 Å². The summed E-state index contributed by atoms with van der Waals surface area (Å²) < 4.78 is 0. The van der Waals surface area contributed by atoms with Crippen molar-refractivity contribution < 1.29 is 9.90 Å². The fourth-order valence-electron chi connectivity index (χ4n) is 2.49. The molecule has 0 unspecified atom stereocenters. The summed E-state index contributed by atoms with van der Waals surface area (Å²) in [6.45, 7) is 1.77. The monoisotopic (exact) mass is 267 g/mol. The number of nitrogens with zero attached hydrogens (tertiary/aromatic N) is 1. The van der Waals surface area contributed by atoms with Gasteiger partial charge in [0.25, 0.3) is 0 Å². The summed E-state index contributed by atoms with van der Waals surface area (Å²) in [6.07, 6.45) is 3.93. The van der Waals surface area contributed by atoms with Crippen LogP contribution >= 0.6 is 11.6 Å². The highest BCUT2D eigenvalue weighted by Crippen LogP contribution is 2.18. The number of carboxylic acids is 1. The highest BCUT2D eigenvalue weighted by Gasteiger charge is 2.26. The first kappa shape index (κ1) is 13.4. The van der Waals surface area contributed by atoms with Gasteiger partial charge in [0.1, 0.15) is 6.04 Å². The van der Waals surface area contributed by atoms with Gasteiger partial charge < -0.3 is 5.11 Å². The van der Waals surface area contributed by atoms with Crippen LogP contribution in [0.2, 0.25) is 5.02 Å². The van der Waals surface area contributed by atoms with Gasteiger partial charge in [0, 0.05) is 5.02 Å². The predicted octanol–water partition coefficient (Wildman–Crippen LogP) is 2.82. The van der Waals surface area contributed by atoms with E-state index in [1.807, 2.05) is 24.3 Å². The third kappa shape index (κ3) is 3.47. The van der Waals surface area contributed by atoms with Crippen molar-refractivity contribution in [1.29, 1.82) is 0 Å². The lowest BCUT2D eigenvalue weighted by Crippen LogP contribution is -2.45. The summed E-state index contributed by atoms with van der Waals surface area (Å²) in [5, 5.41) is 10.0. The molecule has 1 atom stereocenters. The Balaban J connectivity index is 2.08. The van der Waals surface area contributed by atoms with Crippen molar-refractivity contribution in [2.24, 2.45) is 0 Å². The van der Waals surface area contributed by atoms with E-state index in [-0.39, 0.29) is 0 Å². The van der Waals surface area contributed by atoms with Crippen molar-refractivity contribution in [3.63, 3.8) is 0 Å².